The predicted molar refractivity (Wildman–Crippen MR) is 84.1 cm³/mol. The van der Waals surface area contributed by atoms with Crippen molar-refractivity contribution >= 4 is 11.7 Å². The van der Waals surface area contributed by atoms with Crippen LogP contribution in [0.15, 0.2) is 12.4 Å². The van der Waals surface area contributed by atoms with Gasteiger partial charge in [0.05, 0.1) is 0 Å². The molecule has 1 N–H and O–H groups in total. The zero-order chi connectivity index (χ0) is 16.2. The summed E-state index contributed by atoms with van der Waals surface area (Å²) in [6.07, 6.45) is 5.11. The van der Waals surface area contributed by atoms with Gasteiger partial charge in [-0.3, -0.25) is 4.79 Å². The van der Waals surface area contributed by atoms with Crippen molar-refractivity contribution in [3.63, 3.8) is 0 Å². The summed E-state index contributed by atoms with van der Waals surface area (Å²) in [4.78, 5) is 22.3. The smallest absolute Gasteiger partial charge is 0.225 e. The number of hydrogen-bond acceptors (Lipinski definition) is 5. The van der Waals surface area contributed by atoms with Gasteiger partial charge in [0.1, 0.15) is 6.07 Å². The average molecular weight is 301 g/mol. The van der Waals surface area contributed by atoms with Crippen molar-refractivity contribution < 1.29 is 4.79 Å². The summed E-state index contributed by atoms with van der Waals surface area (Å²) < 4.78 is 0. The lowest BCUT2D eigenvalue weighted by Gasteiger charge is -2.33. The lowest BCUT2D eigenvalue weighted by molar-refractivity contribution is -0.128. The molecule has 0 saturated carbocycles. The highest BCUT2D eigenvalue weighted by molar-refractivity contribution is 5.81. The van der Waals surface area contributed by atoms with Gasteiger partial charge in [0.25, 0.3) is 0 Å². The number of piperidine rings is 1. The summed E-state index contributed by atoms with van der Waals surface area (Å²) in [6, 6.07) is 2.09. The van der Waals surface area contributed by atoms with Gasteiger partial charge >= 0.3 is 0 Å². The molecular weight excluding hydrogens is 278 g/mol. The molecule has 0 unspecified atom stereocenters. The zero-order valence-corrected chi connectivity index (χ0v) is 13.5. The van der Waals surface area contributed by atoms with Gasteiger partial charge in [0.2, 0.25) is 5.91 Å². The van der Waals surface area contributed by atoms with E-state index in [1.54, 1.807) is 6.20 Å². The lowest BCUT2D eigenvalue weighted by atomic mass is 9.93. The SMILES string of the molecule is CC(C)(C)C(=O)NCC1CCN(c2nccnc2C#N)CC1. The number of aromatic nitrogens is 2. The molecule has 0 bridgehead atoms. The first-order valence-electron chi connectivity index (χ1n) is 7.66. The van der Waals surface area contributed by atoms with Crippen molar-refractivity contribution in [3.05, 3.63) is 18.1 Å². The molecule has 1 saturated heterocycles. The highest BCUT2D eigenvalue weighted by Crippen LogP contribution is 2.23. The van der Waals surface area contributed by atoms with Gasteiger partial charge in [-0.15, -0.1) is 0 Å². The van der Waals surface area contributed by atoms with E-state index in [-0.39, 0.29) is 11.3 Å². The van der Waals surface area contributed by atoms with Gasteiger partial charge in [0, 0.05) is 37.4 Å². The minimum absolute atomic E-state index is 0.0932. The number of rotatable bonds is 3. The van der Waals surface area contributed by atoms with E-state index in [0.29, 0.717) is 17.4 Å². The highest BCUT2D eigenvalue weighted by atomic mass is 16.2. The fourth-order valence-electron chi connectivity index (χ4n) is 2.49. The zero-order valence-electron chi connectivity index (χ0n) is 13.5. The van der Waals surface area contributed by atoms with E-state index >= 15 is 0 Å². The highest BCUT2D eigenvalue weighted by Gasteiger charge is 2.25. The first kappa shape index (κ1) is 16.2. The van der Waals surface area contributed by atoms with Crippen molar-refractivity contribution in [3.8, 4) is 6.07 Å². The Morgan fingerprint density at radius 3 is 2.59 bits per heavy atom. The van der Waals surface area contributed by atoms with Crippen LogP contribution >= 0.6 is 0 Å². The summed E-state index contributed by atoms with van der Waals surface area (Å²) in [6.45, 7) is 8.15. The predicted octanol–water partition coefficient (Wildman–Crippen LogP) is 1.73. The number of nitriles is 1. The Labute approximate surface area is 131 Å². The molecule has 0 spiro atoms. The van der Waals surface area contributed by atoms with Gasteiger partial charge in [-0.1, -0.05) is 20.8 Å². The number of carbonyl (C=O) groups excluding carboxylic acids is 1. The molecule has 0 radical (unpaired) electrons. The Kier molecular flexibility index (Phi) is 4.96. The minimum atomic E-state index is -0.345. The third kappa shape index (κ3) is 3.94. The standard InChI is InChI=1S/C16H23N5O/c1-16(2,3)15(22)20-11-12-4-8-21(9-5-12)14-13(10-17)18-6-7-19-14/h6-7,12H,4-5,8-9,11H2,1-3H3,(H,20,22). The second-order valence-corrected chi connectivity index (χ2v) is 6.73. The first-order valence-corrected chi connectivity index (χ1v) is 7.66. The van der Waals surface area contributed by atoms with E-state index in [1.165, 1.54) is 6.20 Å². The fraction of sp³-hybridized carbons (Fsp3) is 0.625. The molecule has 2 rings (SSSR count). The summed E-state index contributed by atoms with van der Waals surface area (Å²) in [7, 11) is 0. The van der Waals surface area contributed by atoms with Gasteiger partial charge in [-0.2, -0.15) is 5.26 Å². The van der Waals surface area contributed by atoms with Crippen molar-refractivity contribution in [2.45, 2.75) is 33.6 Å². The molecule has 1 amide bonds. The van der Waals surface area contributed by atoms with Crippen molar-refractivity contribution in [2.24, 2.45) is 11.3 Å². The van der Waals surface area contributed by atoms with E-state index in [4.69, 9.17) is 5.26 Å². The van der Waals surface area contributed by atoms with E-state index < -0.39 is 0 Å². The molecule has 118 valence electrons. The molecular formula is C16H23N5O. The molecule has 2 heterocycles. The second kappa shape index (κ2) is 6.73. The molecule has 1 aromatic heterocycles. The summed E-state index contributed by atoms with van der Waals surface area (Å²) in [5.41, 5.74) is 0.0316. The Bertz CT molecular complexity index is 565. The lowest BCUT2D eigenvalue weighted by Crippen LogP contribution is -2.42. The Morgan fingerprint density at radius 2 is 2.00 bits per heavy atom. The van der Waals surface area contributed by atoms with Crippen LogP contribution in [0.4, 0.5) is 5.82 Å². The quantitative estimate of drug-likeness (QED) is 0.919. The van der Waals surface area contributed by atoms with Crippen LogP contribution in [-0.4, -0.2) is 35.5 Å². The molecule has 22 heavy (non-hydrogen) atoms. The molecule has 1 aromatic rings. The Hall–Kier alpha value is -2.16. The number of nitrogens with one attached hydrogen (secondary N) is 1. The average Bonchev–Trinajstić information content (AvgIpc) is 2.52. The molecule has 0 atom stereocenters. The van der Waals surface area contributed by atoms with Crippen LogP contribution in [0.2, 0.25) is 0 Å². The Balaban J connectivity index is 1.86. The maximum Gasteiger partial charge on any atom is 0.225 e. The van der Waals surface area contributed by atoms with Gasteiger partial charge in [0.15, 0.2) is 11.5 Å². The van der Waals surface area contributed by atoms with Crippen LogP contribution in [0.3, 0.4) is 0 Å². The fourth-order valence-corrected chi connectivity index (χ4v) is 2.49. The largest absolute Gasteiger partial charge is 0.355 e. The number of nitrogens with zero attached hydrogens (tertiary/aromatic N) is 4. The molecule has 0 aliphatic carbocycles. The first-order chi connectivity index (χ1) is 10.4. The monoisotopic (exact) mass is 301 g/mol. The summed E-state index contributed by atoms with van der Waals surface area (Å²) >= 11 is 0. The number of hydrogen-bond donors (Lipinski definition) is 1. The van der Waals surface area contributed by atoms with Crippen LogP contribution in [0, 0.1) is 22.7 Å². The van der Waals surface area contributed by atoms with Gasteiger partial charge < -0.3 is 10.2 Å². The molecule has 1 aliphatic rings. The van der Waals surface area contributed by atoms with Crippen LogP contribution in [-0.2, 0) is 4.79 Å². The second-order valence-electron chi connectivity index (χ2n) is 6.73. The minimum Gasteiger partial charge on any atom is -0.355 e. The number of anilines is 1. The van der Waals surface area contributed by atoms with Crippen molar-refractivity contribution in [1.29, 1.82) is 5.26 Å². The molecule has 6 nitrogen and oxygen atoms in total. The van der Waals surface area contributed by atoms with Crippen LogP contribution in [0.25, 0.3) is 0 Å². The topological polar surface area (TPSA) is 81.9 Å². The van der Waals surface area contributed by atoms with Crippen LogP contribution in [0.1, 0.15) is 39.3 Å². The van der Waals surface area contributed by atoms with Crippen molar-refractivity contribution in [1.82, 2.24) is 15.3 Å². The molecule has 6 heteroatoms. The third-order valence-corrected chi connectivity index (χ3v) is 3.93. The Morgan fingerprint density at radius 1 is 1.36 bits per heavy atom. The molecule has 1 fully saturated rings. The van der Waals surface area contributed by atoms with Crippen LogP contribution < -0.4 is 10.2 Å². The number of amides is 1. The number of carbonyl (C=O) groups is 1. The van der Waals surface area contributed by atoms with E-state index in [1.807, 2.05) is 20.8 Å². The third-order valence-electron chi connectivity index (χ3n) is 3.93. The summed E-state index contributed by atoms with van der Waals surface area (Å²) in [5, 5.41) is 12.1. The van der Waals surface area contributed by atoms with Gasteiger partial charge in [-0.25, -0.2) is 9.97 Å². The molecule has 0 aromatic carbocycles. The summed E-state index contributed by atoms with van der Waals surface area (Å²) in [5.74, 6) is 1.24. The van der Waals surface area contributed by atoms with Crippen LogP contribution in [0.5, 0.6) is 0 Å². The van der Waals surface area contributed by atoms with E-state index in [2.05, 4.69) is 26.3 Å². The van der Waals surface area contributed by atoms with Crippen molar-refractivity contribution in [2.75, 3.05) is 24.5 Å². The van der Waals surface area contributed by atoms with Gasteiger partial charge in [-0.05, 0) is 18.8 Å². The maximum absolute atomic E-state index is 11.9. The van der Waals surface area contributed by atoms with E-state index in [9.17, 15) is 4.79 Å². The maximum atomic E-state index is 11.9. The van der Waals surface area contributed by atoms with E-state index in [0.717, 1.165) is 32.5 Å². The molecule has 1 aliphatic heterocycles. The normalized spacial score (nSPS) is 16.2.